The molecule has 1 aromatic carbocycles. The van der Waals surface area contributed by atoms with Gasteiger partial charge < -0.3 is 5.11 Å². The summed E-state index contributed by atoms with van der Waals surface area (Å²) in [4.78, 5) is 0. The fourth-order valence-electron chi connectivity index (χ4n) is 1.33. The van der Waals surface area contributed by atoms with Crippen molar-refractivity contribution in [2.24, 2.45) is 0 Å². The first-order valence-corrected chi connectivity index (χ1v) is 7.10. The highest BCUT2D eigenvalue weighted by atomic mass is 16.3. The van der Waals surface area contributed by atoms with E-state index in [2.05, 4.69) is 43.3 Å². The molecule has 0 spiro atoms. The van der Waals surface area contributed by atoms with E-state index in [1.54, 1.807) is 0 Å². The Morgan fingerprint density at radius 2 is 1.78 bits per heavy atom. The number of hydrogen-bond donors (Lipinski definition) is 1. The van der Waals surface area contributed by atoms with Gasteiger partial charge in [-0.05, 0) is 32.3 Å². The van der Waals surface area contributed by atoms with Gasteiger partial charge in [-0.1, -0.05) is 69.7 Å². The summed E-state index contributed by atoms with van der Waals surface area (Å²) < 4.78 is 0. The van der Waals surface area contributed by atoms with Crippen molar-refractivity contribution < 1.29 is 5.11 Å². The van der Waals surface area contributed by atoms with Gasteiger partial charge >= 0.3 is 0 Å². The lowest BCUT2D eigenvalue weighted by Crippen LogP contribution is -1.96. The van der Waals surface area contributed by atoms with Crippen molar-refractivity contribution >= 4 is 6.08 Å². The summed E-state index contributed by atoms with van der Waals surface area (Å²) in [5.41, 5.74) is 2.51. The molecular weight excluding hydrogens is 220 g/mol. The molecule has 0 saturated heterocycles. The Morgan fingerprint density at radius 1 is 1.17 bits per heavy atom. The van der Waals surface area contributed by atoms with E-state index in [4.69, 9.17) is 5.11 Å². The van der Waals surface area contributed by atoms with Crippen LogP contribution < -0.4 is 0 Å². The van der Waals surface area contributed by atoms with E-state index < -0.39 is 0 Å². The van der Waals surface area contributed by atoms with Crippen LogP contribution in [0.1, 0.15) is 58.6 Å². The van der Waals surface area contributed by atoms with Crippen LogP contribution in [0.25, 0.3) is 6.08 Å². The molecule has 0 aromatic heterocycles. The van der Waals surface area contributed by atoms with Crippen LogP contribution in [0.5, 0.6) is 0 Å². The van der Waals surface area contributed by atoms with Crippen LogP contribution in [0.15, 0.2) is 30.3 Å². The largest absolute Gasteiger partial charge is 0.393 e. The lowest BCUT2D eigenvalue weighted by atomic mass is 10.1. The highest BCUT2D eigenvalue weighted by Crippen LogP contribution is 2.07. The van der Waals surface area contributed by atoms with E-state index in [9.17, 15) is 0 Å². The molecule has 18 heavy (non-hydrogen) atoms. The minimum absolute atomic E-state index is 0.197. The lowest BCUT2D eigenvalue weighted by molar-refractivity contribution is 0.186. The third-order valence-electron chi connectivity index (χ3n) is 2.10. The van der Waals surface area contributed by atoms with E-state index in [-0.39, 0.29) is 6.10 Å². The van der Waals surface area contributed by atoms with Crippen LogP contribution in [0.4, 0.5) is 0 Å². The maximum atomic E-state index is 9.06. The molecule has 0 saturated carbocycles. The zero-order chi connectivity index (χ0) is 14.4. The van der Waals surface area contributed by atoms with Gasteiger partial charge in [0.15, 0.2) is 0 Å². The second-order valence-electron chi connectivity index (χ2n) is 3.74. The normalized spacial score (nSPS) is 11.1. The van der Waals surface area contributed by atoms with Crippen LogP contribution in [-0.4, -0.2) is 11.2 Å². The predicted octanol–water partition coefficient (Wildman–Crippen LogP) is 5.22. The van der Waals surface area contributed by atoms with Crippen molar-refractivity contribution in [2.45, 2.75) is 60.5 Å². The second-order valence-corrected chi connectivity index (χ2v) is 3.74. The third-order valence-corrected chi connectivity index (χ3v) is 2.10. The maximum Gasteiger partial charge on any atom is 0.0515 e. The van der Waals surface area contributed by atoms with Gasteiger partial charge in [-0.25, -0.2) is 0 Å². The fraction of sp³-hybridized carbons (Fsp3) is 0.529. The van der Waals surface area contributed by atoms with Gasteiger partial charge in [0.05, 0.1) is 6.10 Å². The molecule has 0 aliphatic heterocycles. The fourth-order valence-corrected chi connectivity index (χ4v) is 1.33. The second kappa shape index (κ2) is 14.0. The van der Waals surface area contributed by atoms with Gasteiger partial charge in [-0.3, -0.25) is 0 Å². The van der Waals surface area contributed by atoms with Crippen molar-refractivity contribution in [3.8, 4) is 0 Å². The predicted molar refractivity (Wildman–Crippen MR) is 83.8 cm³/mol. The van der Waals surface area contributed by atoms with Crippen LogP contribution >= 0.6 is 0 Å². The Labute approximate surface area is 114 Å². The number of aliphatic hydroxyl groups excluding tert-OH is 1. The van der Waals surface area contributed by atoms with Crippen molar-refractivity contribution in [1.29, 1.82) is 0 Å². The molecule has 0 fully saturated rings. The van der Waals surface area contributed by atoms with E-state index in [1.165, 1.54) is 11.1 Å². The van der Waals surface area contributed by atoms with Gasteiger partial charge in [0.25, 0.3) is 0 Å². The Hall–Kier alpha value is -1.08. The van der Waals surface area contributed by atoms with Crippen molar-refractivity contribution in [3.05, 3.63) is 41.5 Å². The first-order valence-electron chi connectivity index (χ1n) is 7.10. The summed E-state index contributed by atoms with van der Waals surface area (Å²) in [5.74, 6) is 0. The van der Waals surface area contributed by atoms with Crippen molar-refractivity contribution in [3.63, 3.8) is 0 Å². The molecule has 104 valence electrons. The Kier molecular flexibility index (Phi) is 15.0. The zero-order valence-corrected chi connectivity index (χ0v) is 12.9. The first kappa shape index (κ1) is 19.3. The Morgan fingerprint density at radius 3 is 2.28 bits per heavy atom. The standard InChI is InChI=1S/C13H18O.2C2H6/c1-11-6-5-9-13(10-11)8-4-3-7-12(2)14;2*1-2/h4-6,8-10,12,14H,3,7H2,1-2H3;2*1-2H3/b8-4+;;/t12-;;/m1../s1. The van der Waals surface area contributed by atoms with Gasteiger partial charge in [-0.2, -0.15) is 0 Å². The summed E-state index contributed by atoms with van der Waals surface area (Å²) in [6, 6.07) is 8.39. The summed E-state index contributed by atoms with van der Waals surface area (Å²) >= 11 is 0. The number of aryl methyl sites for hydroxylation is 1. The SMILES string of the molecule is CC.CC.Cc1cccc(/C=C/CC[C@@H](C)O)c1. The molecule has 0 radical (unpaired) electrons. The topological polar surface area (TPSA) is 20.2 Å². The molecule has 0 aliphatic carbocycles. The van der Waals surface area contributed by atoms with Crippen LogP contribution in [0.3, 0.4) is 0 Å². The van der Waals surface area contributed by atoms with Gasteiger partial charge in [-0.15, -0.1) is 0 Å². The number of aliphatic hydroxyl groups is 1. The minimum atomic E-state index is -0.197. The molecule has 0 amide bonds. The molecule has 0 heterocycles. The molecule has 1 rings (SSSR count). The molecule has 1 aromatic rings. The summed E-state index contributed by atoms with van der Waals surface area (Å²) in [7, 11) is 0. The molecule has 0 bridgehead atoms. The number of allylic oxidation sites excluding steroid dienone is 1. The Bertz CT molecular complexity index is 300. The van der Waals surface area contributed by atoms with Gasteiger partial charge in [0, 0.05) is 0 Å². The summed E-state index contributed by atoms with van der Waals surface area (Å²) in [6.07, 6.45) is 5.79. The monoisotopic (exact) mass is 250 g/mol. The molecule has 1 atom stereocenters. The zero-order valence-electron chi connectivity index (χ0n) is 12.9. The van der Waals surface area contributed by atoms with Crippen LogP contribution in [0, 0.1) is 6.92 Å². The van der Waals surface area contributed by atoms with E-state index in [0.29, 0.717) is 0 Å². The smallest absolute Gasteiger partial charge is 0.0515 e. The molecule has 1 heteroatoms. The number of rotatable bonds is 4. The molecule has 1 N–H and O–H groups in total. The lowest BCUT2D eigenvalue weighted by Gasteiger charge is -1.99. The minimum Gasteiger partial charge on any atom is -0.393 e. The van der Waals surface area contributed by atoms with E-state index in [0.717, 1.165) is 12.8 Å². The van der Waals surface area contributed by atoms with Crippen LogP contribution in [0.2, 0.25) is 0 Å². The first-order chi connectivity index (χ1) is 8.68. The van der Waals surface area contributed by atoms with E-state index >= 15 is 0 Å². The molecule has 1 nitrogen and oxygen atoms in total. The third kappa shape index (κ3) is 11.4. The highest BCUT2D eigenvalue weighted by molar-refractivity contribution is 5.49. The average molecular weight is 250 g/mol. The molecule has 0 aliphatic rings. The van der Waals surface area contributed by atoms with Crippen molar-refractivity contribution in [2.75, 3.05) is 0 Å². The van der Waals surface area contributed by atoms with Crippen molar-refractivity contribution in [1.82, 2.24) is 0 Å². The molecular formula is C17H30O. The number of hydrogen-bond acceptors (Lipinski definition) is 1. The van der Waals surface area contributed by atoms with Gasteiger partial charge in [0.1, 0.15) is 0 Å². The van der Waals surface area contributed by atoms with Crippen LogP contribution in [-0.2, 0) is 0 Å². The maximum absolute atomic E-state index is 9.06. The quantitative estimate of drug-likeness (QED) is 0.776. The molecule has 0 unspecified atom stereocenters. The van der Waals surface area contributed by atoms with E-state index in [1.807, 2.05) is 34.6 Å². The summed E-state index contributed by atoms with van der Waals surface area (Å²) in [6.45, 7) is 11.9. The average Bonchev–Trinajstić information content (AvgIpc) is 2.39. The highest BCUT2D eigenvalue weighted by Gasteiger charge is 1.91. The number of benzene rings is 1. The Balaban J connectivity index is 0. The van der Waals surface area contributed by atoms with Gasteiger partial charge in [0.2, 0.25) is 0 Å². The summed E-state index contributed by atoms with van der Waals surface area (Å²) in [5, 5.41) is 9.06.